The van der Waals surface area contributed by atoms with E-state index in [9.17, 15) is 9.59 Å². The van der Waals surface area contributed by atoms with Gasteiger partial charge < -0.3 is 10.6 Å². The van der Waals surface area contributed by atoms with Crippen molar-refractivity contribution in [1.82, 2.24) is 20.7 Å². The third-order valence-electron chi connectivity index (χ3n) is 2.60. The second-order valence-electron chi connectivity index (χ2n) is 4.14. The summed E-state index contributed by atoms with van der Waals surface area (Å²) in [6.45, 7) is 2.49. The van der Waals surface area contributed by atoms with Crippen molar-refractivity contribution in [3.8, 4) is 0 Å². The van der Waals surface area contributed by atoms with E-state index in [1.165, 1.54) is 6.20 Å². The average molecular weight is 273 g/mol. The minimum absolute atomic E-state index is 0.0214. The Morgan fingerprint density at radius 1 is 1.25 bits per heavy atom. The van der Waals surface area contributed by atoms with Crippen LogP contribution in [0.15, 0.2) is 30.5 Å². The first-order valence-corrected chi connectivity index (χ1v) is 6.22. The summed E-state index contributed by atoms with van der Waals surface area (Å²) >= 11 is 0. The van der Waals surface area contributed by atoms with Gasteiger partial charge in [0.1, 0.15) is 0 Å². The van der Waals surface area contributed by atoms with Crippen LogP contribution in [0.3, 0.4) is 0 Å². The highest BCUT2D eigenvalue weighted by Crippen LogP contribution is 2.11. The molecule has 0 radical (unpaired) electrons. The number of carbonyl (C=O) groups is 2. The van der Waals surface area contributed by atoms with E-state index in [4.69, 9.17) is 0 Å². The van der Waals surface area contributed by atoms with Gasteiger partial charge in [0.15, 0.2) is 5.69 Å². The Balaban J connectivity index is 1.95. The van der Waals surface area contributed by atoms with Gasteiger partial charge >= 0.3 is 0 Å². The van der Waals surface area contributed by atoms with Crippen molar-refractivity contribution in [2.45, 2.75) is 13.3 Å². The first-order chi connectivity index (χ1) is 9.69. The lowest BCUT2D eigenvalue weighted by atomic mass is 10.1. The normalized spacial score (nSPS) is 10.1. The molecule has 0 aliphatic carbocycles. The summed E-state index contributed by atoms with van der Waals surface area (Å²) in [6, 6.07) is 7.08. The fraction of sp³-hybridized carbons (Fsp3) is 0.231. The van der Waals surface area contributed by atoms with Gasteiger partial charge in [-0.15, -0.1) is 0 Å². The Morgan fingerprint density at radius 3 is 2.60 bits per heavy atom. The number of aromatic amines is 1. The molecule has 0 fully saturated rings. The molecular formula is C13H15N5O2. The minimum Gasteiger partial charge on any atom is -0.356 e. The maximum absolute atomic E-state index is 11.7. The number of nitrogens with zero attached hydrogens (tertiary/aromatic N) is 2. The Hall–Kier alpha value is -2.70. The zero-order chi connectivity index (χ0) is 14.4. The molecule has 2 aromatic rings. The summed E-state index contributed by atoms with van der Waals surface area (Å²) in [6.07, 6.45) is 1.67. The molecule has 0 unspecified atom stereocenters. The van der Waals surface area contributed by atoms with Gasteiger partial charge in [-0.25, -0.2) is 0 Å². The molecule has 2 amide bonds. The highest BCUT2D eigenvalue weighted by molar-refractivity contribution is 6.02. The lowest BCUT2D eigenvalue weighted by Crippen LogP contribution is -2.24. The van der Waals surface area contributed by atoms with Crippen LogP contribution < -0.4 is 10.6 Å². The third-order valence-corrected chi connectivity index (χ3v) is 2.60. The highest BCUT2D eigenvalue weighted by atomic mass is 16.2. The van der Waals surface area contributed by atoms with Crippen LogP contribution in [0.5, 0.6) is 0 Å². The van der Waals surface area contributed by atoms with E-state index < -0.39 is 0 Å². The average Bonchev–Trinajstić information content (AvgIpc) is 2.95. The van der Waals surface area contributed by atoms with Crippen molar-refractivity contribution in [3.05, 3.63) is 41.7 Å². The number of hydrogen-bond acceptors (Lipinski definition) is 4. The van der Waals surface area contributed by atoms with Crippen LogP contribution in [0, 0.1) is 0 Å². The zero-order valence-electron chi connectivity index (χ0n) is 11.0. The summed E-state index contributed by atoms with van der Waals surface area (Å²) in [4.78, 5) is 23.2. The number of carbonyl (C=O) groups excluding carboxylic acids is 2. The van der Waals surface area contributed by atoms with Crippen LogP contribution in [0.2, 0.25) is 0 Å². The quantitative estimate of drug-likeness (QED) is 0.748. The second kappa shape index (κ2) is 6.46. The van der Waals surface area contributed by atoms with Gasteiger partial charge in [-0.05, 0) is 24.6 Å². The number of likely N-dealkylation sites (N-methyl/N-ethyl adjacent to an activating group) is 1. The van der Waals surface area contributed by atoms with Crippen molar-refractivity contribution in [1.29, 1.82) is 0 Å². The largest absolute Gasteiger partial charge is 0.356 e. The Kier molecular flexibility index (Phi) is 4.43. The predicted molar refractivity (Wildman–Crippen MR) is 73.2 cm³/mol. The van der Waals surface area contributed by atoms with Gasteiger partial charge in [-0.3, -0.25) is 9.59 Å². The van der Waals surface area contributed by atoms with Crippen molar-refractivity contribution in [3.63, 3.8) is 0 Å². The number of rotatable bonds is 5. The molecule has 2 rings (SSSR count). The van der Waals surface area contributed by atoms with Crippen molar-refractivity contribution < 1.29 is 9.59 Å². The lowest BCUT2D eigenvalue weighted by Gasteiger charge is -2.05. The van der Waals surface area contributed by atoms with Crippen LogP contribution in [0.4, 0.5) is 5.69 Å². The van der Waals surface area contributed by atoms with E-state index in [0.29, 0.717) is 18.7 Å². The first kappa shape index (κ1) is 13.7. The SMILES string of the molecule is CCNC(=O)Cc1ccc(NC(=O)c2cn[nH]n2)cc1. The maximum Gasteiger partial charge on any atom is 0.277 e. The molecule has 0 saturated heterocycles. The van der Waals surface area contributed by atoms with Crippen LogP contribution >= 0.6 is 0 Å². The molecule has 7 heteroatoms. The predicted octanol–water partition coefficient (Wildman–Crippen LogP) is 0.736. The monoisotopic (exact) mass is 273 g/mol. The Morgan fingerprint density at radius 2 is 2.00 bits per heavy atom. The van der Waals surface area contributed by atoms with Gasteiger partial charge in [-0.1, -0.05) is 12.1 Å². The number of hydrogen-bond donors (Lipinski definition) is 3. The van der Waals surface area contributed by atoms with Crippen molar-refractivity contribution in [2.24, 2.45) is 0 Å². The van der Waals surface area contributed by atoms with E-state index in [2.05, 4.69) is 26.0 Å². The molecule has 0 aliphatic rings. The summed E-state index contributed by atoms with van der Waals surface area (Å²) in [7, 11) is 0. The summed E-state index contributed by atoms with van der Waals surface area (Å²) in [5.41, 5.74) is 1.74. The van der Waals surface area contributed by atoms with Crippen molar-refractivity contribution >= 4 is 17.5 Å². The molecule has 0 atom stereocenters. The topological polar surface area (TPSA) is 99.8 Å². The molecule has 0 saturated carbocycles. The van der Waals surface area contributed by atoms with Gasteiger partial charge in [-0.2, -0.15) is 15.4 Å². The van der Waals surface area contributed by atoms with E-state index in [1.807, 2.05) is 6.92 Å². The number of benzene rings is 1. The van der Waals surface area contributed by atoms with Crippen LogP contribution in [-0.2, 0) is 11.2 Å². The molecule has 20 heavy (non-hydrogen) atoms. The summed E-state index contributed by atoms with van der Waals surface area (Å²) in [5, 5.41) is 15.1. The fourth-order valence-electron chi connectivity index (χ4n) is 1.66. The van der Waals surface area contributed by atoms with Crippen molar-refractivity contribution in [2.75, 3.05) is 11.9 Å². The molecule has 0 spiro atoms. The van der Waals surface area contributed by atoms with Crippen LogP contribution in [0.1, 0.15) is 23.0 Å². The van der Waals surface area contributed by atoms with Gasteiger partial charge in [0.25, 0.3) is 5.91 Å². The summed E-state index contributed by atoms with van der Waals surface area (Å²) in [5.74, 6) is -0.359. The molecule has 0 bridgehead atoms. The van der Waals surface area contributed by atoms with E-state index in [1.54, 1.807) is 24.3 Å². The minimum atomic E-state index is -0.338. The smallest absolute Gasteiger partial charge is 0.277 e. The first-order valence-electron chi connectivity index (χ1n) is 6.22. The van der Waals surface area contributed by atoms with E-state index in [-0.39, 0.29) is 17.5 Å². The summed E-state index contributed by atoms with van der Waals surface area (Å²) < 4.78 is 0. The lowest BCUT2D eigenvalue weighted by molar-refractivity contribution is -0.120. The van der Waals surface area contributed by atoms with Gasteiger partial charge in [0.05, 0.1) is 12.6 Å². The molecule has 1 aromatic carbocycles. The number of anilines is 1. The molecule has 1 heterocycles. The Bertz CT molecular complexity index is 577. The second-order valence-corrected chi connectivity index (χ2v) is 4.14. The van der Waals surface area contributed by atoms with E-state index in [0.717, 1.165) is 5.56 Å². The molecular weight excluding hydrogens is 258 g/mol. The number of aromatic nitrogens is 3. The third kappa shape index (κ3) is 3.64. The van der Waals surface area contributed by atoms with Crippen LogP contribution in [0.25, 0.3) is 0 Å². The molecule has 1 aromatic heterocycles. The standard InChI is InChI=1S/C13H15N5O2/c1-2-14-12(19)7-9-3-5-10(6-4-9)16-13(20)11-8-15-18-17-11/h3-6,8H,2,7H2,1H3,(H,14,19)(H,16,20)(H,15,17,18). The van der Waals surface area contributed by atoms with Crippen LogP contribution in [-0.4, -0.2) is 33.8 Å². The Labute approximate surface area is 115 Å². The molecule has 104 valence electrons. The molecule has 7 nitrogen and oxygen atoms in total. The zero-order valence-corrected chi connectivity index (χ0v) is 11.0. The molecule has 0 aliphatic heterocycles. The maximum atomic E-state index is 11.7. The number of nitrogens with one attached hydrogen (secondary N) is 3. The fourth-order valence-corrected chi connectivity index (χ4v) is 1.66. The highest BCUT2D eigenvalue weighted by Gasteiger charge is 2.09. The number of H-pyrrole nitrogens is 1. The molecule has 3 N–H and O–H groups in total. The van der Waals surface area contributed by atoms with Gasteiger partial charge in [0.2, 0.25) is 5.91 Å². The van der Waals surface area contributed by atoms with E-state index >= 15 is 0 Å². The van der Waals surface area contributed by atoms with Gasteiger partial charge in [0, 0.05) is 12.2 Å². The number of amides is 2.